The second-order valence-electron chi connectivity index (χ2n) is 15.2. The molecule has 4 aromatic heterocycles. The molecule has 5 nitrogen and oxygen atoms in total. The second-order valence-corrected chi connectivity index (χ2v) is 16.2. The van der Waals surface area contributed by atoms with Crippen molar-refractivity contribution in [3.8, 4) is 39.9 Å². The first-order chi connectivity index (χ1) is 29.2. The topological polar surface area (TPSA) is 56.7 Å². The number of rotatable bonds is 4. The molecule has 0 saturated carbocycles. The number of furan rings is 1. The van der Waals surface area contributed by atoms with E-state index in [0.29, 0.717) is 17.5 Å². The molecule has 13 aromatic rings. The molecule has 0 spiro atoms. The van der Waals surface area contributed by atoms with Crippen LogP contribution in [0.4, 0.5) is 0 Å². The predicted octanol–water partition coefficient (Wildman–Crippen LogP) is 14.5. The number of fused-ring (bicyclic) bond motifs is 11. The molecule has 0 N–H and O–H groups in total. The maximum absolute atomic E-state index is 6.55. The number of benzene rings is 9. The number of thiophene rings is 1. The van der Waals surface area contributed by atoms with E-state index in [2.05, 4.69) is 168 Å². The van der Waals surface area contributed by atoms with Crippen LogP contribution in [0.2, 0.25) is 0 Å². The Balaban J connectivity index is 1.11. The molecule has 4 heterocycles. The van der Waals surface area contributed by atoms with Gasteiger partial charge in [-0.1, -0.05) is 127 Å². The van der Waals surface area contributed by atoms with Crippen molar-refractivity contribution in [2.24, 2.45) is 0 Å². The predicted molar refractivity (Wildman–Crippen MR) is 246 cm³/mol. The van der Waals surface area contributed by atoms with Crippen LogP contribution in [0.3, 0.4) is 0 Å². The lowest BCUT2D eigenvalue weighted by atomic mass is 10.0. The largest absolute Gasteiger partial charge is 0.455 e. The minimum Gasteiger partial charge on any atom is -0.455 e. The molecule has 0 fully saturated rings. The maximum atomic E-state index is 6.55. The van der Waals surface area contributed by atoms with Gasteiger partial charge in [0.2, 0.25) is 0 Å². The number of nitrogens with zero attached hydrogens (tertiary/aromatic N) is 4. The highest BCUT2D eigenvalue weighted by Crippen LogP contribution is 2.46. The van der Waals surface area contributed by atoms with Gasteiger partial charge in [0, 0.05) is 48.1 Å². The molecule has 0 amide bonds. The quantitative estimate of drug-likeness (QED) is 0.179. The van der Waals surface area contributed by atoms with Crippen molar-refractivity contribution < 1.29 is 4.42 Å². The molecule has 0 aliphatic carbocycles. The van der Waals surface area contributed by atoms with Crippen LogP contribution >= 0.6 is 11.3 Å². The number of hydrogen-bond acceptors (Lipinski definition) is 5. The fraction of sp³-hybridized carbons (Fsp3) is 0. The highest BCUT2D eigenvalue weighted by atomic mass is 32.1. The zero-order chi connectivity index (χ0) is 38.6. The molecule has 0 atom stereocenters. The van der Waals surface area contributed by atoms with Crippen LogP contribution in [0.15, 0.2) is 186 Å². The zero-order valence-corrected chi connectivity index (χ0v) is 32.2. The lowest BCUT2D eigenvalue weighted by Gasteiger charge is -2.14. The Morgan fingerprint density at radius 3 is 1.95 bits per heavy atom. The van der Waals surface area contributed by atoms with Crippen molar-refractivity contribution in [3.05, 3.63) is 182 Å². The molecular weight excluding hydrogens is 741 g/mol. The monoisotopic (exact) mass is 770 g/mol. The van der Waals surface area contributed by atoms with E-state index >= 15 is 0 Å². The summed E-state index contributed by atoms with van der Waals surface area (Å²) in [6, 6.07) is 64.4. The van der Waals surface area contributed by atoms with E-state index in [-0.39, 0.29) is 0 Å². The SMILES string of the molecule is c1ccc2cc(-c3nc(-c4cccc5c4oc4ccccc45)nc(-c4ccc(-n5c6ccccc6c6cc7ccccc7cc65)c5sc6ccccc6c45)n3)ccc2c1. The van der Waals surface area contributed by atoms with Crippen LogP contribution in [-0.4, -0.2) is 19.5 Å². The van der Waals surface area contributed by atoms with Crippen LogP contribution in [0, 0.1) is 0 Å². The Morgan fingerprint density at radius 1 is 0.424 bits per heavy atom. The molecule has 59 heavy (non-hydrogen) atoms. The molecule has 0 saturated heterocycles. The van der Waals surface area contributed by atoms with Gasteiger partial charge in [-0.3, -0.25) is 0 Å². The summed E-state index contributed by atoms with van der Waals surface area (Å²) in [5, 5.41) is 11.6. The Bertz CT molecular complexity index is 3870. The van der Waals surface area contributed by atoms with Crippen LogP contribution in [0.5, 0.6) is 0 Å². The minimum absolute atomic E-state index is 0.564. The van der Waals surface area contributed by atoms with Crippen molar-refractivity contribution in [2.75, 3.05) is 0 Å². The van der Waals surface area contributed by atoms with E-state index in [1.54, 1.807) is 0 Å². The molecule has 0 aliphatic rings. The van der Waals surface area contributed by atoms with Crippen LogP contribution < -0.4 is 0 Å². The van der Waals surface area contributed by atoms with Crippen LogP contribution in [0.25, 0.3) is 125 Å². The van der Waals surface area contributed by atoms with Crippen molar-refractivity contribution in [2.45, 2.75) is 0 Å². The summed E-state index contributed by atoms with van der Waals surface area (Å²) in [4.78, 5) is 15.9. The van der Waals surface area contributed by atoms with Crippen molar-refractivity contribution in [1.82, 2.24) is 19.5 Å². The molecule has 13 rings (SSSR count). The van der Waals surface area contributed by atoms with E-state index in [4.69, 9.17) is 19.4 Å². The first-order valence-electron chi connectivity index (χ1n) is 19.8. The van der Waals surface area contributed by atoms with Gasteiger partial charge in [-0.25, -0.2) is 15.0 Å². The Hall–Kier alpha value is -7.67. The summed E-state index contributed by atoms with van der Waals surface area (Å²) in [6.45, 7) is 0. The Kier molecular flexibility index (Phi) is 6.82. The normalized spacial score (nSPS) is 12.1. The van der Waals surface area contributed by atoms with Gasteiger partial charge < -0.3 is 8.98 Å². The molecule has 0 aliphatic heterocycles. The number of hydrogen-bond donors (Lipinski definition) is 0. The molecular formula is C53H30N4OS. The third kappa shape index (κ3) is 4.87. The third-order valence-corrected chi connectivity index (χ3v) is 13.0. The average Bonchev–Trinajstić information content (AvgIpc) is 3.98. The first-order valence-corrected chi connectivity index (χ1v) is 20.6. The van der Waals surface area contributed by atoms with Crippen LogP contribution in [-0.2, 0) is 0 Å². The first kappa shape index (κ1) is 32.4. The number of para-hydroxylation sites is 3. The lowest BCUT2D eigenvalue weighted by Crippen LogP contribution is -2.01. The summed E-state index contributed by atoms with van der Waals surface area (Å²) in [5.74, 6) is 1.78. The Labute approximate surface area is 341 Å². The highest BCUT2D eigenvalue weighted by Gasteiger charge is 2.23. The molecule has 0 bridgehead atoms. The van der Waals surface area contributed by atoms with Gasteiger partial charge in [0.15, 0.2) is 17.5 Å². The van der Waals surface area contributed by atoms with Crippen molar-refractivity contribution in [3.63, 3.8) is 0 Å². The minimum atomic E-state index is 0.564. The van der Waals surface area contributed by atoms with Gasteiger partial charge in [0.05, 0.1) is 27.0 Å². The molecule has 9 aromatic carbocycles. The van der Waals surface area contributed by atoms with Gasteiger partial charge in [-0.15, -0.1) is 11.3 Å². The summed E-state index contributed by atoms with van der Waals surface area (Å²) >= 11 is 1.82. The summed E-state index contributed by atoms with van der Waals surface area (Å²) in [7, 11) is 0. The third-order valence-electron chi connectivity index (χ3n) is 11.8. The fourth-order valence-corrected chi connectivity index (χ4v) is 10.3. The summed E-state index contributed by atoms with van der Waals surface area (Å²) in [6.07, 6.45) is 0. The standard InChI is InChI=1S/C53H30N4OS/c1-2-13-32-28-35(25-24-31(32)12-1)51-54-52(56-53(55-51)41-20-11-19-38-37-17-6-9-22-46(37)58-49(38)41)40-26-27-44(50-48(40)39-18-7-10-23-47(39)59-50)57-43-21-8-5-16-36(43)42-29-33-14-3-4-15-34(33)30-45(42)57/h1-30H. The van der Waals surface area contributed by atoms with Gasteiger partial charge in [-0.05, 0) is 76.1 Å². The van der Waals surface area contributed by atoms with E-state index in [9.17, 15) is 0 Å². The molecule has 274 valence electrons. The molecule has 0 radical (unpaired) electrons. The Morgan fingerprint density at radius 2 is 1.08 bits per heavy atom. The molecule has 0 unspecified atom stereocenters. The van der Waals surface area contributed by atoms with E-state index in [1.165, 1.54) is 47.4 Å². The van der Waals surface area contributed by atoms with Gasteiger partial charge in [0.1, 0.15) is 11.2 Å². The van der Waals surface area contributed by atoms with Gasteiger partial charge in [-0.2, -0.15) is 0 Å². The summed E-state index contributed by atoms with van der Waals surface area (Å²) < 4.78 is 11.4. The van der Waals surface area contributed by atoms with Crippen LogP contribution in [0.1, 0.15) is 0 Å². The second kappa shape index (κ2) is 12.4. The smallest absolute Gasteiger partial charge is 0.167 e. The van der Waals surface area contributed by atoms with E-state index in [0.717, 1.165) is 60.5 Å². The average molecular weight is 771 g/mol. The van der Waals surface area contributed by atoms with Crippen molar-refractivity contribution >= 4 is 96.8 Å². The van der Waals surface area contributed by atoms with Gasteiger partial charge in [0.25, 0.3) is 0 Å². The maximum Gasteiger partial charge on any atom is 0.167 e. The zero-order valence-electron chi connectivity index (χ0n) is 31.4. The van der Waals surface area contributed by atoms with E-state index < -0.39 is 0 Å². The van der Waals surface area contributed by atoms with E-state index in [1.807, 2.05) is 29.5 Å². The van der Waals surface area contributed by atoms with Gasteiger partial charge >= 0.3 is 0 Å². The number of aromatic nitrogens is 4. The van der Waals surface area contributed by atoms with Crippen molar-refractivity contribution in [1.29, 1.82) is 0 Å². The highest BCUT2D eigenvalue weighted by molar-refractivity contribution is 7.26. The molecule has 6 heteroatoms. The lowest BCUT2D eigenvalue weighted by molar-refractivity contribution is 0.669. The summed E-state index contributed by atoms with van der Waals surface area (Å²) in [5.41, 5.74) is 7.77. The fourth-order valence-electron chi connectivity index (χ4n) is 9.09.